The van der Waals surface area contributed by atoms with Gasteiger partial charge in [0.2, 0.25) is 0 Å². The van der Waals surface area contributed by atoms with Crippen LogP contribution in [0.3, 0.4) is 0 Å². The molecule has 1 aromatic heterocycles. The highest BCUT2D eigenvalue weighted by molar-refractivity contribution is 8.00. The maximum atomic E-state index is 12.8. The lowest BCUT2D eigenvalue weighted by atomic mass is 9.96. The standard InChI is InChI=1S/C27H24F3NO3S/c1-3-17-13-24-22(14-25(17)35-15-26(32)33)23(31-34-24)11-8-18-4-5-20(12-16(18)2)19-6-9-21(10-7-19)27(28,29)30/h4-7,9-10,12-14H,3,8,11,15H2,1-2H3,(H,32,33). The fourth-order valence-corrected chi connectivity index (χ4v) is 4.92. The average molecular weight is 500 g/mol. The van der Waals surface area contributed by atoms with Crippen LogP contribution in [0, 0.1) is 6.92 Å². The zero-order valence-electron chi connectivity index (χ0n) is 19.3. The van der Waals surface area contributed by atoms with Gasteiger partial charge in [-0.15, -0.1) is 11.8 Å². The van der Waals surface area contributed by atoms with E-state index in [4.69, 9.17) is 9.63 Å². The summed E-state index contributed by atoms with van der Waals surface area (Å²) in [5.74, 6) is -0.873. The molecule has 4 aromatic rings. The van der Waals surface area contributed by atoms with Gasteiger partial charge in [0.05, 0.1) is 17.0 Å². The van der Waals surface area contributed by atoms with Crippen molar-refractivity contribution in [3.63, 3.8) is 0 Å². The third kappa shape index (κ3) is 5.70. The van der Waals surface area contributed by atoms with E-state index in [0.29, 0.717) is 18.4 Å². The quantitative estimate of drug-likeness (QED) is 0.257. The van der Waals surface area contributed by atoms with Crippen LogP contribution >= 0.6 is 11.8 Å². The second-order valence-corrected chi connectivity index (χ2v) is 9.35. The minimum atomic E-state index is -4.35. The summed E-state index contributed by atoms with van der Waals surface area (Å²) >= 11 is 1.29. The highest BCUT2D eigenvalue weighted by Crippen LogP contribution is 2.33. The average Bonchev–Trinajstić information content (AvgIpc) is 3.22. The summed E-state index contributed by atoms with van der Waals surface area (Å²) in [6, 6.07) is 15.0. The van der Waals surface area contributed by atoms with Gasteiger partial charge in [-0.3, -0.25) is 4.79 Å². The van der Waals surface area contributed by atoms with Crippen LogP contribution in [-0.2, 0) is 30.2 Å². The van der Waals surface area contributed by atoms with Gasteiger partial charge in [-0.05, 0) is 78.3 Å². The molecule has 0 amide bonds. The van der Waals surface area contributed by atoms with Crippen molar-refractivity contribution in [1.82, 2.24) is 5.16 Å². The maximum absolute atomic E-state index is 12.8. The highest BCUT2D eigenvalue weighted by Gasteiger charge is 2.30. The molecule has 4 rings (SSSR count). The van der Waals surface area contributed by atoms with E-state index >= 15 is 0 Å². The van der Waals surface area contributed by atoms with E-state index in [1.54, 1.807) is 0 Å². The number of aromatic nitrogens is 1. The molecule has 35 heavy (non-hydrogen) atoms. The van der Waals surface area contributed by atoms with Gasteiger partial charge in [-0.1, -0.05) is 42.4 Å². The van der Waals surface area contributed by atoms with Gasteiger partial charge < -0.3 is 9.63 Å². The third-order valence-electron chi connectivity index (χ3n) is 5.98. The van der Waals surface area contributed by atoms with Gasteiger partial charge in [-0.25, -0.2) is 0 Å². The Labute approximate surface area is 205 Å². The van der Waals surface area contributed by atoms with E-state index < -0.39 is 17.7 Å². The number of carboxylic acid groups (broad SMARTS) is 1. The van der Waals surface area contributed by atoms with Gasteiger partial charge in [0.1, 0.15) is 0 Å². The zero-order chi connectivity index (χ0) is 25.2. The molecule has 1 heterocycles. The van der Waals surface area contributed by atoms with Crippen molar-refractivity contribution < 1.29 is 27.6 Å². The Morgan fingerprint density at radius 3 is 2.34 bits per heavy atom. The molecule has 1 N–H and O–H groups in total. The number of carboxylic acids is 1. The molecule has 8 heteroatoms. The number of aliphatic carboxylic acids is 1. The van der Waals surface area contributed by atoms with Crippen molar-refractivity contribution >= 4 is 28.7 Å². The molecule has 0 aliphatic rings. The van der Waals surface area contributed by atoms with Crippen molar-refractivity contribution in [3.8, 4) is 11.1 Å². The first-order chi connectivity index (χ1) is 16.7. The predicted octanol–water partition coefficient (Wildman–Crippen LogP) is 7.35. The van der Waals surface area contributed by atoms with Crippen LogP contribution in [0.1, 0.15) is 34.9 Å². The molecule has 0 spiro atoms. The summed E-state index contributed by atoms with van der Waals surface area (Å²) in [6.07, 6.45) is -2.23. The van der Waals surface area contributed by atoms with Gasteiger partial charge in [0.15, 0.2) is 5.58 Å². The Kier molecular flexibility index (Phi) is 7.21. The van der Waals surface area contributed by atoms with E-state index in [1.165, 1.54) is 23.9 Å². The number of hydrogen-bond donors (Lipinski definition) is 1. The van der Waals surface area contributed by atoms with Crippen molar-refractivity contribution in [1.29, 1.82) is 0 Å². The number of fused-ring (bicyclic) bond motifs is 1. The number of hydrogen-bond acceptors (Lipinski definition) is 4. The number of benzene rings is 3. The largest absolute Gasteiger partial charge is 0.481 e. The number of carbonyl (C=O) groups is 1. The lowest BCUT2D eigenvalue weighted by Gasteiger charge is -2.10. The van der Waals surface area contributed by atoms with Crippen LogP contribution in [0.4, 0.5) is 13.2 Å². The summed E-state index contributed by atoms with van der Waals surface area (Å²) in [5, 5.41) is 14.2. The van der Waals surface area contributed by atoms with Gasteiger partial charge >= 0.3 is 12.1 Å². The Balaban J connectivity index is 1.52. The first kappa shape index (κ1) is 24.9. The van der Waals surface area contributed by atoms with E-state index in [1.807, 2.05) is 44.2 Å². The number of nitrogens with zero attached hydrogens (tertiary/aromatic N) is 1. The Hall–Kier alpha value is -3.26. The summed E-state index contributed by atoms with van der Waals surface area (Å²) in [6.45, 7) is 4.00. The molecule has 0 aliphatic heterocycles. The lowest BCUT2D eigenvalue weighted by molar-refractivity contribution is -0.137. The van der Waals surface area contributed by atoms with E-state index in [-0.39, 0.29) is 5.75 Å². The molecular weight excluding hydrogens is 475 g/mol. The minimum Gasteiger partial charge on any atom is -0.481 e. The normalized spacial score (nSPS) is 11.8. The van der Waals surface area contributed by atoms with Crippen molar-refractivity contribution in [2.45, 2.75) is 44.2 Å². The van der Waals surface area contributed by atoms with E-state index in [2.05, 4.69) is 5.16 Å². The second-order valence-electron chi connectivity index (χ2n) is 8.34. The van der Waals surface area contributed by atoms with Gasteiger partial charge in [-0.2, -0.15) is 13.2 Å². The molecule has 0 saturated heterocycles. The molecule has 0 fully saturated rings. The topological polar surface area (TPSA) is 63.3 Å². The zero-order valence-corrected chi connectivity index (χ0v) is 20.1. The van der Waals surface area contributed by atoms with E-state index in [0.717, 1.165) is 62.3 Å². The van der Waals surface area contributed by atoms with Crippen LogP contribution in [0.15, 0.2) is 64.0 Å². The molecule has 182 valence electrons. The van der Waals surface area contributed by atoms with Crippen molar-refractivity contribution in [2.24, 2.45) is 0 Å². The summed E-state index contributed by atoms with van der Waals surface area (Å²) in [7, 11) is 0. The number of rotatable bonds is 8. The summed E-state index contributed by atoms with van der Waals surface area (Å²) < 4.78 is 44.0. The molecule has 4 nitrogen and oxygen atoms in total. The predicted molar refractivity (Wildman–Crippen MR) is 131 cm³/mol. The molecule has 0 aliphatic carbocycles. The smallest absolute Gasteiger partial charge is 0.416 e. The third-order valence-corrected chi connectivity index (χ3v) is 7.06. The molecule has 0 saturated carbocycles. The fraction of sp³-hybridized carbons (Fsp3) is 0.259. The molecule has 0 radical (unpaired) electrons. The van der Waals surface area contributed by atoms with Crippen LogP contribution < -0.4 is 0 Å². The SMILES string of the molecule is CCc1cc2onc(CCc3ccc(-c4ccc(C(F)(F)F)cc4)cc3C)c2cc1SCC(=O)O. The number of alkyl halides is 3. The number of aryl methyl sites for hydroxylation is 4. The summed E-state index contributed by atoms with van der Waals surface area (Å²) in [5.41, 5.74) is 5.61. The number of halogens is 3. The van der Waals surface area contributed by atoms with Crippen molar-refractivity contribution in [3.05, 3.63) is 82.5 Å². The van der Waals surface area contributed by atoms with Crippen molar-refractivity contribution in [2.75, 3.05) is 5.75 Å². The Morgan fingerprint density at radius 2 is 1.71 bits per heavy atom. The summed E-state index contributed by atoms with van der Waals surface area (Å²) in [4.78, 5) is 11.9. The van der Waals surface area contributed by atoms with Crippen LogP contribution in [0.5, 0.6) is 0 Å². The first-order valence-corrected chi connectivity index (χ1v) is 12.2. The monoisotopic (exact) mass is 499 g/mol. The van der Waals surface area contributed by atoms with E-state index in [9.17, 15) is 18.0 Å². The minimum absolute atomic E-state index is 0.0103. The van der Waals surface area contributed by atoms with Crippen LogP contribution in [-0.4, -0.2) is 22.0 Å². The number of thioether (sulfide) groups is 1. The second kappa shape index (κ2) is 10.2. The van der Waals surface area contributed by atoms with Crippen LogP contribution in [0.25, 0.3) is 22.1 Å². The van der Waals surface area contributed by atoms with Gasteiger partial charge in [0.25, 0.3) is 0 Å². The lowest BCUT2D eigenvalue weighted by Crippen LogP contribution is -2.04. The highest BCUT2D eigenvalue weighted by atomic mass is 32.2. The maximum Gasteiger partial charge on any atom is 0.416 e. The molecule has 0 atom stereocenters. The Morgan fingerprint density at radius 1 is 1.00 bits per heavy atom. The van der Waals surface area contributed by atoms with Gasteiger partial charge in [0, 0.05) is 10.3 Å². The van der Waals surface area contributed by atoms with Crippen LogP contribution in [0.2, 0.25) is 0 Å². The molecule has 0 bridgehead atoms. The Bertz CT molecular complexity index is 1360. The molecule has 3 aromatic carbocycles. The fourth-order valence-electron chi connectivity index (χ4n) is 4.05. The molecule has 0 unspecified atom stereocenters. The first-order valence-electron chi connectivity index (χ1n) is 11.2. The molecular formula is C27H24F3NO3S.